The zero-order valence-corrected chi connectivity index (χ0v) is 24.9. The molecule has 2 saturated heterocycles. The third kappa shape index (κ3) is 6.51. The highest BCUT2D eigenvalue weighted by Crippen LogP contribution is 2.51. The summed E-state index contributed by atoms with van der Waals surface area (Å²) in [7, 11) is -0.883. The minimum atomic E-state index is -2.44. The highest BCUT2D eigenvalue weighted by molar-refractivity contribution is 7.59. The Labute approximate surface area is 226 Å². The number of aromatic carboxylic acids is 1. The van der Waals surface area contributed by atoms with Crippen molar-refractivity contribution in [2.24, 2.45) is 11.8 Å². The molecule has 0 radical (unpaired) electrons. The number of hydrogen-bond donors (Lipinski definition) is 1. The van der Waals surface area contributed by atoms with Crippen molar-refractivity contribution in [2.45, 2.75) is 96.6 Å². The van der Waals surface area contributed by atoms with Crippen molar-refractivity contribution in [1.82, 2.24) is 4.90 Å². The Kier molecular flexibility index (Phi) is 8.94. The number of piperidine rings is 1. The summed E-state index contributed by atoms with van der Waals surface area (Å²) in [4.78, 5) is 32.1. The van der Waals surface area contributed by atoms with Crippen LogP contribution < -0.4 is 4.90 Å². The first-order chi connectivity index (χ1) is 17.4. The largest absolute Gasteiger partial charge is 0.477 e. The summed E-state index contributed by atoms with van der Waals surface area (Å²) >= 11 is 1.31. The molecular formula is C28H45N2O5PS. The second-order valence-corrected chi connectivity index (χ2v) is 16.4. The van der Waals surface area contributed by atoms with Crippen molar-refractivity contribution < 1.29 is 23.8 Å². The van der Waals surface area contributed by atoms with Crippen molar-refractivity contribution in [3.8, 4) is 0 Å². The lowest BCUT2D eigenvalue weighted by Crippen LogP contribution is -2.52. The van der Waals surface area contributed by atoms with Gasteiger partial charge in [-0.3, -0.25) is 9.36 Å². The van der Waals surface area contributed by atoms with Gasteiger partial charge in [-0.1, -0.05) is 27.7 Å². The summed E-state index contributed by atoms with van der Waals surface area (Å²) in [6.07, 6.45) is 8.60. The summed E-state index contributed by atoms with van der Waals surface area (Å²) in [6.45, 7) is 10.3. The van der Waals surface area contributed by atoms with Crippen LogP contribution in [-0.2, 0) is 19.3 Å². The molecule has 37 heavy (non-hydrogen) atoms. The second-order valence-electron chi connectivity index (χ2n) is 12.5. The monoisotopic (exact) mass is 552 g/mol. The fourth-order valence-corrected chi connectivity index (χ4v) is 9.30. The summed E-state index contributed by atoms with van der Waals surface area (Å²) in [6, 6.07) is 2.38. The molecule has 1 N–H and O–H groups in total. The molecule has 1 aromatic rings. The first-order valence-corrected chi connectivity index (χ1v) is 16.8. The standard InChI is InChI=1S/C28H45N2O5PS/c1-19-6-8-20(9-7-19)26(31)30(23-18-24(28(2,3)4)37-25(23)27(32)33)22-10-14-29(15-11-22)21-12-16-36(34,35-5)17-13-21/h18-22H,6-17H2,1-5H3,(H,32,33). The van der Waals surface area contributed by atoms with Crippen molar-refractivity contribution in [1.29, 1.82) is 0 Å². The van der Waals surface area contributed by atoms with Gasteiger partial charge in [0.05, 0.1) is 5.69 Å². The summed E-state index contributed by atoms with van der Waals surface area (Å²) in [5.74, 6) is -0.221. The van der Waals surface area contributed by atoms with Crippen LogP contribution >= 0.6 is 18.7 Å². The molecule has 4 rings (SSSR count). The Morgan fingerprint density at radius 2 is 1.65 bits per heavy atom. The number of anilines is 1. The molecule has 9 heteroatoms. The summed E-state index contributed by atoms with van der Waals surface area (Å²) in [5, 5.41) is 10.1. The van der Waals surface area contributed by atoms with Crippen LogP contribution in [0.3, 0.4) is 0 Å². The van der Waals surface area contributed by atoms with Crippen LogP contribution in [0.15, 0.2) is 6.07 Å². The van der Waals surface area contributed by atoms with Gasteiger partial charge in [0, 0.05) is 55.4 Å². The van der Waals surface area contributed by atoms with Crippen LogP contribution in [0.4, 0.5) is 5.69 Å². The lowest BCUT2D eigenvalue weighted by atomic mass is 9.81. The molecule has 0 bridgehead atoms. The smallest absolute Gasteiger partial charge is 0.348 e. The number of likely N-dealkylation sites (tertiary alicyclic amines) is 1. The maximum absolute atomic E-state index is 14.1. The van der Waals surface area contributed by atoms with Crippen LogP contribution in [0.1, 0.15) is 93.6 Å². The van der Waals surface area contributed by atoms with Gasteiger partial charge in [-0.15, -0.1) is 11.3 Å². The number of carboxylic acid groups (broad SMARTS) is 1. The van der Waals surface area contributed by atoms with Gasteiger partial charge in [-0.05, 0) is 68.8 Å². The van der Waals surface area contributed by atoms with Crippen molar-refractivity contribution in [3.63, 3.8) is 0 Å². The van der Waals surface area contributed by atoms with Crippen LogP contribution in [0.2, 0.25) is 0 Å². The normalized spacial score (nSPS) is 30.2. The molecule has 3 fully saturated rings. The average molecular weight is 553 g/mol. The molecule has 0 spiro atoms. The Bertz CT molecular complexity index is 1010. The minimum Gasteiger partial charge on any atom is -0.477 e. The highest BCUT2D eigenvalue weighted by Gasteiger charge is 2.40. The van der Waals surface area contributed by atoms with E-state index in [-0.39, 0.29) is 28.2 Å². The number of thiophene rings is 1. The second kappa shape index (κ2) is 11.5. The number of carbonyl (C=O) groups is 2. The Balaban J connectivity index is 1.56. The van der Waals surface area contributed by atoms with E-state index >= 15 is 0 Å². The summed E-state index contributed by atoms with van der Waals surface area (Å²) < 4.78 is 17.9. The van der Waals surface area contributed by atoms with Crippen LogP contribution in [0.25, 0.3) is 0 Å². The number of hydrogen-bond acceptors (Lipinski definition) is 6. The highest BCUT2D eigenvalue weighted by atomic mass is 32.1. The average Bonchev–Trinajstić information content (AvgIpc) is 3.32. The van der Waals surface area contributed by atoms with Crippen LogP contribution in [-0.4, -0.2) is 66.5 Å². The first-order valence-electron chi connectivity index (χ1n) is 14.0. The molecule has 0 aromatic carbocycles. The van der Waals surface area contributed by atoms with Gasteiger partial charge in [-0.2, -0.15) is 0 Å². The molecular weight excluding hydrogens is 507 g/mol. The molecule has 1 amide bonds. The van der Waals surface area contributed by atoms with Crippen molar-refractivity contribution in [2.75, 3.05) is 37.4 Å². The Morgan fingerprint density at radius 3 is 2.16 bits per heavy atom. The van der Waals surface area contributed by atoms with Gasteiger partial charge in [0.1, 0.15) is 4.88 Å². The predicted molar refractivity (Wildman–Crippen MR) is 151 cm³/mol. The van der Waals surface area contributed by atoms with E-state index in [9.17, 15) is 19.3 Å². The Hall–Kier alpha value is -1.21. The van der Waals surface area contributed by atoms with Gasteiger partial charge in [0.15, 0.2) is 0 Å². The predicted octanol–water partition coefficient (Wildman–Crippen LogP) is 6.45. The van der Waals surface area contributed by atoms with Gasteiger partial charge < -0.3 is 19.4 Å². The van der Waals surface area contributed by atoms with Crippen molar-refractivity contribution in [3.05, 3.63) is 15.8 Å². The zero-order valence-electron chi connectivity index (χ0n) is 23.2. The topological polar surface area (TPSA) is 87.2 Å². The molecule has 1 aromatic heterocycles. The van der Waals surface area contributed by atoms with Crippen LogP contribution in [0, 0.1) is 11.8 Å². The number of nitrogens with zero attached hydrogens (tertiary/aromatic N) is 2. The van der Waals surface area contributed by atoms with Gasteiger partial charge in [-0.25, -0.2) is 4.79 Å². The van der Waals surface area contributed by atoms with E-state index < -0.39 is 13.3 Å². The summed E-state index contributed by atoms with van der Waals surface area (Å²) in [5.41, 5.74) is 0.414. The van der Waals surface area contributed by atoms with Gasteiger partial charge >= 0.3 is 5.97 Å². The van der Waals surface area contributed by atoms with E-state index in [2.05, 4.69) is 32.6 Å². The minimum absolute atomic E-state index is 0.00252. The number of rotatable bonds is 6. The molecule has 0 unspecified atom stereocenters. The zero-order chi connectivity index (χ0) is 27.0. The lowest BCUT2D eigenvalue weighted by Gasteiger charge is -2.44. The fraction of sp³-hybridized carbons (Fsp3) is 0.786. The first kappa shape index (κ1) is 28.8. The third-order valence-electron chi connectivity index (χ3n) is 8.83. The molecule has 2 aliphatic heterocycles. The molecule has 1 aliphatic carbocycles. The third-order valence-corrected chi connectivity index (χ3v) is 12.9. The van der Waals surface area contributed by atoms with Gasteiger partial charge in [0.2, 0.25) is 13.3 Å². The molecule has 3 heterocycles. The Morgan fingerprint density at radius 1 is 1.05 bits per heavy atom. The quantitative estimate of drug-likeness (QED) is 0.408. The fourth-order valence-electron chi connectivity index (χ4n) is 6.29. The molecule has 1 saturated carbocycles. The molecule has 0 atom stereocenters. The van der Waals surface area contributed by atoms with E-state index in [1.807, 2.05) is 11.0 Å². The van der Waals surface area contributed by atoms with Crippen LogP contribution in [0.5, 0.6) is 0 Å². The lowest BCUT2D eigenvalue weighted by molar-refractivity contribution is -0.124. The maximum atomic E-state index is 14.1. The van der Waals surface area contributed by atoms with E-state index in [0.717, 1.165) is 69.3 Å². The van der Waals surface area contributed by atoms with Gasteiger partial charge in [0.25, 0.3) is 0 Å². The SMILES string of the molecule is COP1(=O)CCC(N2CCC(N(C(=O)C3CCC(C)CC3)c3cc(C(C)(C)C)sc3C(=O)O)CC2)CC1. The molecule has 7 nitrogen and oxygen atoms in total. The molecule has 3 aliphatic rings. The van der Waals surface area contributed by atoms with E-state index in [1.165, 1.54) is 11.3 Å². The molecule has 208 valence electrons. The van der Waals surface area contributed by atoms with E-state index in [1.54, 1.807) is 7.11 Å². The van der Waals surface area contributed by atoms with E-state index in [0.29, 0.717) is 30.0 Å². The number of carboxylic acids is 1. The number of carbonyl (C=O) groups excluding carboxylic acids is 1. The van der Waals surface area contributed by atoms with Crippen molar-refractivity contribution >= 4 is 36.3 Å². The van der Waals surface area contributed by atoms with E-state index in [4.69, 9.17) is 4.52 Å². The number of amides is 1. The maximum Gasteiger partial charge on any atom is 0.348 e.